The van der Waals surface area contributed by atoms with Crippen LogP contribution in [-0.4, -0.2) is 30.5 Å². The fourth-order valence-corrected chi connectivity index (χ4v) is 1.48. The Bertz CT molecular complexity index is 162. The predicted octanol–water partition coefficient (Wildman–Crippen LogP) is 1.23. The molecule has 0 radical (unpaired) electrons. The monoisotopic (exact) mass is 218 g/mol. The fraction of sp³-hybridized carbons (Fsp3) is 0.900. The molecule has 84 valence electrons. The molecule has 4 heteroatoms. The minimum atomic E-state index is -0.338. The summed E-state index contributed by atoms with van der Waals surface area (Å²) in [7, 11) is 0. The fourth-order valence-electron chi connectivity index (χ4n) is 0.991. The van der Waals surface area contributed by atoms with Crippen LogP contribution in [0.3, 0.4) is 0 Å². The molecule has 0 unspecified atom stereocenters. The molecule has 3 N–H and O–H groups in total. The van der Waals surface area contributed by atoms with Crippen LogP contribution >= 0.6 is 11.8 Å². The van der Waals surface area contributed by atoms with Crippen molar-refractivity contribution in [3.8, 4) is 0 Å². The third-order valence-electron chi connectivity index (χ3n) is 1.99. The molecule has 0 rings (SSSR count). The van der Waals surface area contributed by atoms with E-state index in [1.807, 2.05) is 6.26 Å². The van der Waals surface area contributed by atoms with E-state index in [2.05, 4.69) is 19.2 Å². The molecule has 0 saturated heterocycles. The molecule has 0 bridgehead atoms. The van der Waals surface area contributed by atoms with Gasteiger partial charge < -0.3 is 11.1 Å². The van der Waals surface area contributed by atoms with Crippen LogP contribution in [0.4, 0.5) is 0 Å². The molecule has 0 spiro atoms. The van der Waals surface area contributed by atoms with Crippen LogP contribution in [0.1, 0.15) is 26.7 Å². The van der Waals surface area contributed by atoms with Gasteiger partial charge in [-0.15, -0.1) is 0 Å². The van der Waals surface area contributed by atoms with Crippen molar-refractivity contribution in [2.24, 2.45) is 11.7 Å². The van der Waals surface area contributed by atoms with Crippen molar-refractivity contribution in [3.05, 3.63) is 0 Å². The number of nitrogens with one attached hydrogen (secondary N) is 1. The van der Waals surface area contributed by atoms with Crippen molar-refractivity contribution >= 4 is 17.7 Å². The summed E-state index contributed by atoms with van der Waals surface area (Å²) in [5.74, 6) is 1.55. The highest BCUT2D eigenvalue weighted by molar-refractivity contribution is 7.98. The maximum absolute atomic E-state index is 11.4. The second-order valence-electron chi connectivity index (χ2n) is 3.86. The summed E-state index contributed by atoms with van der Waals surface area (Å²) in [6.07, 6.45) is 3.79. The van der Waals surface area contributed by atoms with E-state index in [9.17, 15) is 4.79 Å². The van der Waals surface area contributed by atoms with Crippen LogP contribution in [0.15, 0.2) is 0 Å². The number of rotatable bonds is 7. The molecule has 0 aromatic rings. The molecule has 0 heterocycles. The Morgan fingerprint density at radius 1 is 1.43 bits per heavy atom. The van der Waals surface area contributed by atoms with Gasteiger partial charge >= 0.3 is 0 Å². The van der Waals surface area contributed by atoms with Crippen molar-refractivity contribution < 1.29 is 4.79 Å². The highest BCUT2D eigenvalue weighted by Crippen LogP contribution is 2.00. The van der Waals surface area contributed by atoms with Crippen LogP contribution in [0.2, 0.25) is 0 Å². The largest absolute Gasteiger partial charge is 0.355 e. The van der Waals surface area contributed by atoms with Crippen LogP contribution in [-0.2, 0) is 4.79 Å². The summed E-state index contributed by atoms with van der Waals surface area (Å²) >= 11 is 1.72. The number of hydrogen-bond acceptors (Lipinski definition) is 3. The summed E-state index contributed by atoms with van der Waals surface area (Å²) < 4.78 is 0. The number of carbonyl (C=O) groups is 1. The van der Waals surface area contributed by atoms with Crippen LogP contribution in [0.25, 0.3) is 0 Å². The minimum Gasteiger partial charge on any atom is -0.355 e. The predicted molar refractivity (Wildman–Crippen MR) is 63.4 cm³/mol. The Morgan fingerprint density at radius 3 is 2.57 bits per heavy atom. The maximum atomic E-state index is 11.4. The molecular formula is C10H22N2OS. The van der Waals surface area contributed by atoms with Crippen LogP contribution < -0.4 is 11.1 Å². The normalized spacial score (nSPS) is 12.9. The lowest BCUT2D eigenvalue weighted by atomic mass is 10.1. The van der Waals surface area contributed by atoms with Gasteiger partial charge in [0.05, 0.1) is 6.04 Å². The van der Waals surface area contributed by atoms with E-state index in [1.165, 1.54) is 0 Å². The molecule has 0 fully saturated rings. The van der Waals surface area contributed by atoms with Crippen molar-refractivity contribution in [2.45, 2.75) is 32.7 Å². The molecule has 1 amide bonds. The Hall–Kier alpha value is -0.220. The first-order valence-electron chi connectivity index (χ1n) is 5.10. The van der Waals surface area contributed by atoms with Gasteiger partial charge in [-0.25, -0.2) is 0 Å². The molecule has 3 nitrogen and oxygen atoms in total. The molecule has 0 aromatic heterocycles. The van der Waals surface area contributed by atoms with Gasteiger partial charge in [0.15, 0.2) is 0 Å². The van der Waals surface area contributed by atoms with Gasteiger partial charge in [-0.2, -0.15) is 11.8 Å². The topological polar surface area (TPSA) is 55.1 Å². The van der Waals surface area contributed by atoms with E-state index in [-0.39, 0.29) is 11.9 Å². The highest BCUT2D eigenvalue weighted by atomic mass is 32.2. The van der Waals surface area contributed by atoms with Crippen molar-refractivity contribution in [1.82, 2.24) is 5.32 Å². The second-order valence-corrected chi connectivity index (χ2v) is 4.85. The Kier molecular flexibility index (Phi) is 7.99. The second kappa shape index (κ2) is 8.12. The molecule has 0 aliphatic rings. The van der Waals surface area contributed by atoms with Gasteiger partial charge in [0.2, 0.25) is 5.91 Å². The summed E-state index contributed by atoms with van der Waals surface area (Å²) in [6, 6.07) is -0.338. The Labute approximate surface area is 91.2 Å². The van der Waals surface area contributed by atoms with Crippen LogP contribution in [0.5, 0.6) is 0 Å². The minimum absolute atomic E-state index is 0.0142. The van der Waals surface area contributed by atoms with Crippen molar-refractivity contribution in [2.75, 3.05) is 18.6 Å². The van der Waals surface area contributed by atoms with Gasteiger partial charge in [0, 0.05) is 6.54 Å². The summed E-state index contributed by atoms with van der Waals surface area (Å²) in [5, 5.41) is 2.85. The third kappa shape index (κ3) is 7.21. The van der Waals surface area contributed by atoms with E-state index in [0.29, 0.717) is 5.92 Å². The average Bonchev–Trinajstić information content (AvgIpc) is 2.13. The van der Waals surface area contributed by atoms with Gasteiger partial charge in [-0.3, -0.25) is 4.79 Å². The van der Waals surface area contributed by atoms with Crippen molar-refractivity contribution in [1.29, 1.82) is 0 Å². The van der Waals surface area contributed by atoms with E-state index in [4.69, 9.17) is 5.73 Å². The molecule has 0 aliphatic heterocycles. The molecule has 0 aromatic carbocycles. The molecular weight excluding hydrogens is 196 g/mol. The van der Waals surface area contributed by atoms with Crippen LogP contribution in [0, 0.1) is 5.92 Å². The van der Waals surface area contributed by atoms with Gasteiger partial charge in [0.25, 0.3) is 0 Å². The first-order valence-corrected chi connectivity index (χ1v) is 6.49. The number of amides is 1. The van der Waals surface area contributed by atoms with Gasteiger partial charge in [-0.1, -0.05) is 13.8 Å². The zero-order chi connectivity index (χ0) is 11.0. The number of thioether (sulfide) groups is 1. The van der Waals surface area contributed by atoms with E-state index in [0.717, 1.165) is 25.1 Å². The SMILES string of the molecule is CSCC[C@H](N)C(=O)NCCC(C)C. The molecule has 1 atom stereocenters. The quantitative estimate of drug-likeness (QED) is 0.676. The number of nitrogens with two attached hydrogens (primary N) is 1. The van der Waals surface area contributed by atoms with E-state index >= 15 is 0 Å². The summed E-state index contributed by atoms with van der Waals surface area (Å²) in [5.41, 5.74) is 5.69. The van der Waals surface area contributed by atoms with Crippen molar-refractivity contribution in [3.63, 3.8) is 0 Å². The number of carbonyl (C=O) groups excluding carboxylic acids is 1. The van der Waals surface area contributed by atoms with Gasteiger partial charge in [0.1, 0.15) is 0 Å². The molecule has 14 heavy (non-hydrogen) atoms. The lowest BCUT2D eigenvalue weighted by Crippen LogP contribution is -2.41. The smallest absolute Gasteiger partial charge is 0.236 e. The first kappa shape index (κ1) is 13.8. The first-order chi connectivity index (χ1) is 6.57. The maximum Gasteiger partial charge on any atom is 0.236 e. The number of hydrogen-bond donors (Lipinski definition) is 2. The molecule has 0 aliphatic carbocycles. The summed E-state index contributed by atoms with van der Waals surface area (Å²) in [4.78, 5) is 11.4. The zero-order valence-electron chi connectivity index (χ0n) is 9.38. The van der Waals surface area contributed by atoms with E-state index < -0.39 is 0 Å². The third-order valence-corrected chi connectivity index (χ3v) is 2.63. The lowest BCUT2D eigenvalue weighted by Gasteiger charge is -2.12. The van der Waals surface area contributed by atoms with E-state index in [1.54, 1.807) is 11.8 Å². The Balaban J connectivity index is 3.52. The lowest BCUT2D eigenvalue weighted by molar-refractivity contribution is -0.122. The molecule has 0 saturated carbocycles. The average molecular weight is 218 g/mol. The Morgan fingerprint density at radius 2 is 2.07 bits per heavy atom. The van der Waals surface area contributed by atoms with Gasteiger partial charge in [-0.05, 0) is 30.8 Å². The highest BCUT2D eigenvalue weighted by Gasteiger charge is 2.11. The zero-order valence-corrected chi connectivity index (χ0v) is 10.2. The standard InChI is InChI=1S/C10H22N2OS/c1-8(2)4-6-12-10(13)9(11)5-7-14-3/h8-9H,4-7,11H2,1-3H3,(H,12,13)/t9-/m0/s1. The summed E-state index contributed by atoms with van der Waals surface area (Å²) in [6.45, 7) is 5.02.